The van der Waals surface area contributed by atoms with Gasteiger partial charge >= 0.3 is 5.97 Å². The molecule has 0 fully saturated rings. The third kappa shape index (κ3) is 21.9. The third-order valence-electron chi connectivity index (χ3n) is 9.19. The lowest BCUT2D eigenvalue weighted by atomic mass is 10.0. The Labute approximate surface area is 384 Å². The van der Waals surface area contributed by atoms with E-state index >= 15 is 0 Å². The first kappa shape index (κ1) is 57.4. The maximum absolute atomic E-state index is 13.5. The van der Waals surface area contributed by atoms with E-state index in [0.29, 0.717) is 5.69 Å². The Morgan fingerprint density at radius 2 is 1.24 bits per heavy atom. The molecular weight excluding hydrogens is 895 g/mol. The molecular formula is C37H63N15O13S. The number of nitrogens with two attached hydrogens (primary N) is 4. The van der Waals surface area contributed by atoms with Gasteiger partial charge in [-0.1, -0.05) is 13.8 Å². The molecule has 0 radical (unpaired) electrons. The summed E-state index contributed by atoms with van der Waals surface area (Å²) in [5, 5.41) is 47.8. The van der Waals surface area contributed by atoms with E-state index in [1.807, 2.05) is 0 Å². The number of hydrogen-bond donors (Lipinski definition) is 17. The fraction of sp³-hybridized carbons (Fsp3) is 0.622. The van der Waals surface area contributed by atoms with Crippen molar-refractivity contribution in [3.63, 3.8) is 0 Å². The number of primary amides is 1. The second-order valence-electron chi connectivity index (χ2n) is 15.2. The van der Waals surface area contributed by atoms with Gasteiger partial charge in [-0.3, -0.25) is 52.9 Å². The van der Waals surface area contributed by atoms with Gasteiger partial charge in [-0.05, 0) is 38.5 Å². The Morgan fingerprint density at radius 3 is 1.77 bits per heavy atom. The van der Waals surface area contributed by atoms with E-state index in [1.165, 1.54) is 19.4 Å². The molecule has 0 spiro atoms. The molecule has 1 rings (SSSR count). The van der Waals surface area contributed by atoms with Gasteiger partial charge in [0.2, 0.25) is 53.2 Å². The molecule has 0 aromatic carbocycles. The van der Waals surface area contributed by atoms with Crippen LogP contribution in [-0.4, -0.2) is 171 Å². The topological polar surface area (TPSA) is 473 Å². The SMILES string of the molecule is CC(C)C[C@H](NC(=O)[C@H](CO)NC(=O)[C@H](CO)NC(=O)CNC(=O)[C@H](CS)NC(=O)[C@H](Cc1cnc[nH]1)NC(=O)[C@@H](N)CCC(N)=O)C(=O)N[C@@H](CCCN=C(N)N)C(=O)N[C@@H](C)C(=O)O. The summed E-state index contributed by atoms with van der Waals surface area (Å²) in [7, 11) is 0. The highest BCUT2D eigenvalue weighted by Gasteiger charge is 2.33. The number of guanidine groups is 1. The van der Waals surface area contributed by atoms with Crippen molar-refractivity contribution < 1.29 is 63.3 Å². The molecule has 8 atom stereocenters. The van der Waals surface area contributed by atoms with Crippen LogP contribution in [0, 0.1) is 5.92 Å². The molecule has 1 aromatic rings. The zero-order valence-electron chi connectivity index (χ0n) is 36.7. The molecule has 0 bridgehead atoms. The zero-order chi connectivity index (χ0) is 50.1. The number of aromatic amines is 1. The monoisotopic (exact) mass is 957 g/mol. The second-order valence-corrected chi connectivity index (χ2v) is 15.6. The van der Waals surface area contributed by atoms with Crippen molar-refractivity contribution in [2.24, 2.45) is 33.8 Å². The van der Waals surface area contributed by atoms with Crippen LogP contribution >= 0.6 is 12.6 Å². The number of aliphatic hydroxyl groups is 2. The summed E-state index contributed by atoms with van der Waals surface area (Å²) in [5.41, 5.74) is 22.1. The second kappa shape index (κ2) is 29.8. The fourth-order valence-corrected chi connectivity index (χ4v) is 5.85. The van der Waals surface area contributed by atoms with Crippen molar-refractivity contribution >= 4 is 77.7 Å². The molecule has 0 unspecified atom stereocenters. The maximum Gasteiger partial charge on any atom is 0.325 e. The standard InChI is InChI=1S/C37H63N15O13S/c1-17(2)9-22(32(60)48-21(5-4-8-43-37(40)41)31(59)46-18(3)36(64)65)50-35(63)25(14-54)51-34(62)24(13-53)47-28(56)12-44-30(58)26(15-66)52-33(61)23(10-19-11-42-16-45-19)49-29(57)20(38)6-7-27(39)55/h11,16-18,20-26,53-54,66H,4-10,12-15,38H2,1-3H3,(H2,39,55)(H,42,45)(H,44,58)(H,46,59)(H,47,56)(H,48,60)(H,49,57)(H,50,63)(H,51,62)(H,52,61)(H,64,65)(H4,40,41,43)/t18-,20-,21-,22-,23-,24-,25-,26-/m0/s1. The first-order chi connectivity index (χ1) is 31.0. The fourth-order valence-electron chi connectivity index (χ4n) is 5.59. The number of nitrogens with one attached hydrogen (secondary N) is 9. The third-order valence-corrected chi connectivity index (χ3v) is 9.55. The summed E-state index contributed by atoms with van der Waals surface area (Å²) < 4.78 is 0. The molecule has 28 nitrogen and oxygen atoms in total. The minimum atomic E-state index is -1.74. The number of carboxylic acid groups (broad SMARTS) is 1. The van der Waals surface area contributed by atoms with Crippen LogP contribution in [0.25, 0.3) is 0 Å². The number of hydrogen-bond acceptors (Lipinski definition) is 16. The van der Waals surface area contributed by atoms with Crippen molar-refractivity contribution in [1.29, 1.82) is 0 Å². The summed E-state index contributed by atoms with van der Waals surface area (Å²) in [5.74, 6) is -10.3. The first-order valence-electron chi connectivity index (χ1n) is 20.5. The number of H-pyrrole nitrogens is 1. The van der Waals surface area contributed by atoms with Crippen molar-refractivity contribution in [3.8, 4) is 0 Å². The molecule has 0 saturated heterocycles. The number of nitrogens with zero attached hydrogens (tertiary/aromatic N) is 2. The molecule has 29 heteroatoms. The van der Waals surface area contributed by atoms with Gasteiger partial charge < -0.3 is 85.8 Å². The molecule has 1 aromatic heterocycles. The summed E-state index contributed by atoms with van der Waals surface area (Å²) in [4.78, 5) is 138. The van der Waals surface area contributed by atoms with E-state index in [1.54, 1.807) is 13.8 Å². The molecule has 0 aliphatic rings. The smallest absolute Gasteiger partial charge is 0.325 e. The number of amides is 9. The highest BCUT2D eigenvalue weighted by molar-refractivity contribution is 7.80. The van der Waals surface area contributed by atoms with Crippen molar-refractivity contribution in [2.45, 2.75) is 108 Å². The van der Waals surface area contributed by atoms with Crippen LogP contribution < -0.4 is 65.5 Å². The summed E-state index contributed by atoms with van der Waals surface area (Å²) in [6.45, 7) is 1.86. The van der Waals surface area contributed by atoms with Crippen LogP contribution in [-0.2, 0) is 54.4 Å². The average molecular weight is 958 g/mol. The first-order valence-corrected chi connectivity index (χ1v) is 21.2. The van der Waals surface area contributed by atoms with Gasteiger partial charge in [-0.15, -0.1) is 0 Å². The molecule has 370 valence electrons. The Morgan fingerprint density at radius 1 is 0.712 bits per heavy atom. The van der Waals surface area contributed by atoms with Crippen LogP contribution in [0.3, 0.4) is 0 Å². The van der Waals surface area contributed by atoms with E-state index in [-0.39, 0.29) is 62.7 Å². The number of aromatic nitrogens is 2. The molecule has 9 amide bonds. The maximum atomic E-state index is 13.5. The average Bonchev–Trinajstić information content (AvgIpc) is 3.77. The number of thiol groups is 1. The van der Waals surface area contributed by atoms with Gasteiger partial charge in [0.1, 0.15) is 42.3 Å². The number of aliphatic imine (C=N–C) groups is 1. The van der Waals surface area contributed by atoms with E-state index in [9.17, 15) is 63.3 Å². The van der Waals surface area contributed by atoms with E-state index in [2.05, 4.69) is 70.1 Å². The summed E-state index contributed by atoms with van der Waals surface area (Å²) in [6, 6.07) is -11.3. The quantitative estimate of drug-likeness (QED) is 0.0142. The largest absolute Gasteiger partial charge is 0.480 e. The molecule has 0 aliphatic carbocycles. The highest BCUT2D eigenvalue weighted by Crippen LogP contribution is 2.09. The summed E-state index contributed by atoms with van der Waals surface area (Å²) >= 11 is 4.09. The van der Waals surface area contributed by atoms with Crippen molar-refractivity contribution in [1.82, 2.24) is 52.5 Å². The Balaban J connectivity index is 2.98. The highest BCUT2D eigenvalue weighted by atomic mass is 32.1. The lowest BCUT2D eigenvalue weighted by Gasteiger charge is -2.26. The zero-order valence-corrected chi connectivity index (χ0v) is 37.6. The van der Waals surface area contributed by atoms with Crippen LogP contribution in [0.5, 0.6) is 0 Å². The lowest BCUT2D eigenvalue weighted by molar-refractivity contribution is -0.142. The van der Waals surface area contributed by atoms with Gasteiger partial charge in [0.25, 0.3) is 0 Å². The predicted octanol–water partition coefficient (Wildman–Crippen LogP) is -7.83. The van der Waals surface area contributed by atoms with Crippen LogP contribution in [0.4, 0.5) is 0 Å². The molecule has 20 N–H and O–H groups in total. The van der Waals surface area contributed by atoms with Gasteiger partial charge in [0.15, 0.2) is 5.96 Å². The number of aliphatic hydroxyl groups excluding tert-OH is 2. The van der Waals surface area contributed by atoms with E-state index in [0.717, 1.165) is 0 Å². The Bertz CT molecular complexity index is 1850. The number of carboxylic acids is 1. The minimum Gasteiger partial charge on any atom is -0.480 e. The lowest BCUT2D eigenvalue weighted by Crippen LogP contribution is -2.60. The minimum absolute atomic E-state index is 0.00689. The van der Waals surface area contributed by atoms with E-state index in [4.69, 9.17) is 22.9 Å². The van der Waals surface area contributed by atoms with Gasteiger partial charge in [-0.25, -0.2) is 4.98 Å². The Kier molecular flexibility index (Phi) is 25.9. The van der Waals surface area contributed by atoms with Crippen molar-refractivity contribution in [3.05, 3.63) is 18.2 Å². The van der Waals surface area contributed by atoms with Gasteiger partial charge in [-0.2, -0.15) is 12.6 Å². The van der Waals surface area contributed by atoms with Crippen LogP contribution in [0.15, 0.2) is 17.5 Å². The molecule has 0 saturated carbocycles. The number of carbonyl (C=O) groups excluding carboxylic acids is 9. The molecule has 66 heavy (non-hydrogen) atoms. The van der Waals surface area contributed by atoms with Crippen LogP contribution in [0.1, 0.15) is 58.6 Å². The van der Waals surface area contributed by atoms with Gasteiger partial charge in [0, 0.05) is 37.0 Å². The number of rotatable bonds is 31. The van der Waals surface area contributed by atoms with Crippen LogP contribution in [0.2, 0.25) is 0 Å². The van der Waals surface area contributed by atoms with E-state index < -0.39 is 127 Å². The number of aliphatic carboxylic acids is 1. The molecule has 1 heterocycles. The summed E-state index contributed by atoms with van der Waals surface area (Å²) in [6.07, 6.45) is 2.43. The normalized spacial score (nSPS) is 14.5. The predicted molar refractivity (Wildman–Crippen MR) is 236 cm³/mol. The Hall–Kier alpha value is -6.59. The van der Waals surface area contributed by atoms with Crippen molar-refractivity contribution in [2.75, 3.05) is 32.1 Å². The molecule has 0 aliphatic heterocycles. The number of carbonyl (C=O) groups is 10. The van der Waals surface area contributed by atoms with Gasteiger partial charge in [0.05, 0.1) is 32.1 Å². The number of imidazole rings is 1.